The Bertz CT molecular complexity index is 961. The summed E-state index contributed by atoms with van der Waals surface area (Å²) < 4.78 is 30.5. The van der Waals surface area contributed by atoms with Crippen LogP contribution in [0.3, 0.4) is 0 Å². The van der Waals surface area contributed by atoms with Crippen molar-refractivity contribution < 1.29 is 22.7 Å². The van der Waals surface area contributed by atoms with E-state index in [1.807, 2.05) is 0 Å². The maximum atomic E-state index is 12.9. The fourth-order valence-electron chi connectivity index (χ4n) is 2.72. The number of sulfonamides is 1. The number of amides is 1. The number of halogens is 1. The molecule has 1 N–H and O–H groups in total. The fourth-order valence-corrected chi connectivity index (χ4v) is 4.05. The SMILES string of the molecule is CC[C@@H](C(=O)Nc1cccc(C(=O)OC)c1)N(c1ccc(Cl)cc1)S(C)(=O)=O. The first kappa shape index (κ1) is 21.7. The number of rotatable bonds is 7. The molecule has 0 saturated carbocycles. The van der Waals surface area contributed by atoms with Crippen molar-refractivity contribution in [1.29, 1.82) is 0 Å². The Morgan fingerprint density at radius 2 is 1.82 bits per heavy atom. The summed E-state index contributed by atoms with van der Waals surface area (Å²) in [6.07, 6.45) is 1.27. The Morgan fingerprint density at radius 3 is 2.36 bits per heavy atom. The third-order valence-electron chi connectivity index (χ3n) is 3.96. The van der Waals surface area contributed by atoms with Crippen LogP contribution in [0.15, 0.2) is 48.5 Å². The van der Waals surface area contributed by atoms with Gasteiger partial charge in [0.1, 0.15) is 6.04 Å². The number of carbonyl (C=O) groups excluding carboxylic acids is 2. The zero-order valence-electron chi connectivity index (χ0n) is 15.7. The van der Waals surface area contributed by atoms with Gasteiger partial charge in [0, 0.05) is 10.7 Å². The highest BCUT2D eigenvalue weighted by Crippen LogP contribution is 2.25. The highest BCUT2D eigenvalue weighted by molar-refractivity contribution is 7.92. The predicted molar refractivity (Wildman–Crippen MR) is 109 cm³/mol. The van der Waals surface area contributed by atoms with Crippen molar-refractivity contribution in [2.24, 2.45) is 0 Å². The standard InChI is InChI=1S/C19H21ClN2O5S/c1-4-17(22(28(3,25)26)16-10-8-14(20)9-11-16)18(23)21-15-7-5-6-13(12-15)19(24)27-2/h5-12,17H,4H2,1-3H3,(H,21,23)/t17-/m0/s1. The van der Waals surface area contributed by atoms with E-state index >= 15 is 0 Å². The molecule has 28 heavy (non-hydrogen) atoms. The molecule has 0 aliphatic rings. The van der Waals surface area contributed by atoms with Crippen LogP contribution < -0.4 is 9.62 Å². The Labute approximate surface area is 169 Å². The lowest BCUT2D eigenvalue weighted by molar-refractivity contribution is -0.117. The van der Waals surface area contributed by atoms with E-state index in [2.05, 4.69) is 10.1 Å². The summed E-state index contributed by atoms with van der Waals surface area (Å²) in [7, 11) is -2.49. The van der Waals surface area contributed by atoms with Crippen molar-refractivity contribution in [3.05, 3.63) is 59.1 Å². The van der Waals surface area contributed by atoms with Crippen LogP contribution in [0.5, 0.6) is 0 Å². The molecule has 0 aliphatic carbocycles. The van der Waals surface area contributed by atoms with Gasteiger partial charge in [-0.2, -0.15) is 0 Å². The number of esters is 1. The minimum absolute atomic E-state index is 0.234. The van der Waals surface area contributed by atoms with Gasteiger partial charge in [-0.05, 0) is 48.9 Å². The first-order valence-corrected chi connectivity index (χ1v) is 10.6. The summed E-state index contributed by atoms with van der Waals surface area (Å²) >= 11 is 5.88. The summed E-state index contributed by atoms with van der Waals surface area (Å²) in [5.41, 5.74) is 0.958. The van der Waals surface area contributed by atoms with Crippen molar-refractivity contribution >= 4 is 44.9 Å². The van der Waals surface area contributed by atoms with Gasteiger partial charge < -0.3 is 10.1 Å². The Balaban J connectivity index is 2.34. The third-order valence-corrected chi connectivity index (χ3v) is 5.39. The van der Waals surface area contributed by atoms with Gasteiger partial charge in [0.25, 0.3) is 0 Å². The lowest BCUT2D eigenvalue weighted by atomic mass is 10.1. The average molecular weight is 425 g/mol. The van der Waals surface area contributed by atoms with Gasteiger partial charge in [0.05, 0.1) is 24.6 Å². The van der Waals surface area contributed by atoms with Crippen molar-refractivity contribution in [3.63, 3.8) is 0 Å². The van der Waals surface area contributed by atoms with Crippen LogP contribution in [0.25, 0.3) is 0 Å². The van der Waals surface area contributed by atoms with E-state index in [1.165, 1.54) is 25.3 Å². The molecule has 0 heterocycles. The number of anilines is 2. The van der Waals surface area contributed by atoms with Gasteiger partial charge in [-0.1, -0.05) is 24.6 Å². The van der Waals surface area contributed by atoms with E-state index in [1.54, 1.807) is 37.3 Å². The van der Waals surface area contributed by atoms with E-state index < -0.39 is 27.9 Å². The van der Waals surface area contributed by atoms with E-state index in [9.17, 15) is 18.0 Å². The topological polar surface area (TPSA) is 92.8 Å². The van der Waals surface area contributed by atoms with Crippen molar-refractivity contribution in [2.45, 2.75) is 19.4 Å². The fraction of sp³-hybridized carbons (Fsp3) is 0.263. The van der Waals surface area contributed by atoms with Gasteiger partial charge in [-0.3, -0.25) is 9.10 Å². The number of ether oxygens (including phenoxy) is 1. The zero-order chi connectivity index (χ0) is 20.9. The van der Waals surface area contributed by atoms with Gasteiger partial charge >= 0.3 is 5.97 Å². The second-order valence-corrected chi connectivity index (χ2v) is 8.32. The summed E-state index contributed by atoms with van der Waals surface area (Å²) in [5.74, 6) is -1.06. The van der Waals surface area contributed by atoms with E-state index in [0.29, 0.717) is 16.4 Å². The average Bonchev–Trinajstić information content (AvgIpc) is 2.65. The molecule has 0 aromatic heterocycles. The smallest absolute Gasteiger partial charge is 0.337 e. The molecule has 0 fully saturated rings. The van der Waals surface area contributed by atoms with Crippen LogP contribution in [0.2, 0.25) is 5.02 Å². The first-order valence-electron chi connectivity index (χ1n) is 8.41. The Kier molecular flexibility index (Phi) is 7.04. The molecular weight excluding hydrogens is 404 g/mol. The number of hydrogen-bond donors (Lipinski definition) is 1. The molecule has 9 heteroatoms. The number of nitrogens with zero attached hydrogens (tertiary/aromatic N) is 1. The first-order chi connectivity index (χ1) is 13.2. The quantitative estimate of drug-likeness (QED) is 0.688. The van der Waals surface area contributed by atoms with Crippen LogP contribution in [0.4, 0.5) is 11.4 Å². The highest BCUT2D eigenvalue weighted by atomic mass is 35.5. The van der Waals surface area contributed by atoms with Crippen LogP contribution in [0, 0.1) is 0 Å². The van der Waals surface area contributed by atoms with Crippen LogP contribution in [-0.2, 0) is 19.6 Å². The number of benzene rings is 2. The van der Waals surface area contributed by atoms with Crippen molar-refractivity contribution in [2.75, 3.05) is 23.0 Å². The molecule has 0 saturated heterocycles. The second kappa shape index (κ2) is 9.07. The molecular formula is C19H21ClN2O5S. The third kappa shape index (κ3) is 5.24. The number of carbonyl (C=O) groups is 2. The molecule has 7 nitrogen and oxygen atoms in total. The summed E-state index contributed by atoms with van der Waals surface area (Å²) in [4.78, 5) is 24.5. The van der Waals surface area contributed by atoms with E-state index in [0.717, 1.165) is 10.6 Å². The molecule has 1 atom stereocenters. The summed E-state index contributed by atoms with van der Waals surface area (Å²) in [6.45, 7) is 1.71. The number of hydrogen-bond acceptors (Lipinski definition) is 5. The van der Waals surface area contributed by atoms with Gasteiger partial charge in [0.15, 0.2) is 0 Å². The molecule has 0 spiro atoms. The molecule has 0 aliphatic heterocycles. The molecule has 150 valence electrons. The minimum atomic E-state index is -3.75. The lowest BCUT2D eigenvalue weighted by Crippen LogP contribution is -2.47. The summed E-state index contributed by atoms with van der Waals surface area (Å²) in [5, 5.41) is 3.12. The van der Waals surface area contributed by atoms with Gasteiger partial charge in [-0.15, -0.1) is 0 Å². The monoisotopic (exact) mass is 424 g/mol. The maximum absolute atomic E-state index is 12.9. The second-order valence-electron chi connectivity index (χ2n) is 6.02. The van der Waals surface area contributed by atoms with E-state index in [4.69, 9.17) is 11.6 Å². The summed E-state index contributed by atoms with van der Waals surface area (Å²) in [6, 6.07) is 11.4. The lowest BCUT2D eigenvalue weighted by Gasteiger charge is -2.30. The normalized spacial score (nSPS) is 12.1. The van der Waals surface area contributed by atoms with Crippen LogP contribution in [0.1, 0.15) is 23.7 Å². The number of nitrogens with one attached hydrogen (secondary N) is 1. The molecule has 2 aromatic carbocycles. The van der Waals surface area contributed by atoms with Crippen LogP contribution >= 0.6 is 11.6 Å². The Morgan fingerprint density at radius 1 is 1.18 bits per heavy atom. The molecule has 0 bridgehead atoms. The van der Waals surface area contributed by atoms with E-state index in [-0.39, 0.29) is 12.0 Å². The Hall–Kier alpha value is -2.58. The molecule has 0 radical (unpaired) electrons. The van der Waals surface area contributed by atoms with Gasteiger partial charge in [0.2, 0.25) is 15.9 Å². The molecule has 2 rings (SSSR count). The predicted octanol–water partition coefficient (Wildman–Crippen LogP) is 3.31. The van der Waals surface area contributed by atoms with Gasteiger partial charge in [-0.25, -0.2) is 13.2 Å². The zero-order valence-corrected chi connectivity index (χ0v) is 17.3. The minimum Gasteiger partial charge on any atom is -0.465 e. The molecule has 2 aromatic rings. The highest BCUT2D eigenvalue weighted by Gasteiger charge is 2.31. The van der Waals surface area contributed by atoms with Crippen molar-refractivity contribution in [3.8, 4) is 0 Å². The molecule has 0 unspecified atom stereocenters. The molecule has 1 amide bonds. The maximum Gasteiger partial charge on any atom is 0.337 e. The number of methoxy groups -OCH3 is 1. The van der Waals surface area contributed by atoms with Crippen LogP contribution in [-0.4, -0.2) is 39.7 Å². The van der Waals surface area contributed by atoms with Crippen molar-refractivity contribution in [1.82, 2.24) is 0 Å². The largest absolute Gasteiger partial charge is 0.465 e.